The van der Waals surface area contributed by atoms with Crippen LogP contribution in [0.2, 0.25) is 0 Å². The van der Waals surface area contributed by atoms with Gasteiger partial charge >= 0.3 is 0 Å². The zero-order chi connectivity index (χ0) is 19.1. The molecule has 0 radical (unpaired) electrons. The summed E-state index contributed by atoms with van der Waals surface area (Å²) in [4.78, 5) is 19.7. The highest BCUT2D eigenvalue weighted by atomic mass is 16.1. The van der Waals surface area contributed by atoms with Crippen LogP contribution in [0.15, 0.2) is 60.7 Å². The molecule has 0 saturated carbocycles. The summed E-state index contributed by atoms with van der Waals surface area (Å²) in [6, 6.07) is 20.6. The van der Waals surface area contributed by atoms with Crippen LogP contribution in [0.4, 0.5) is 0 Å². The van der Waals surface area contributed by atoms with Crippen LogP contribution >= 0.6 is 0 Å². The highest BCUT2D eigenvalue weighted by molar-refractivity contribution is 5.53. The van der Waals surface area contributed by atoms with Crippen LogP contribution in [-0.4, -0.2) is 12.6 Å². The monoisotopic (exact) mass is 340 g/mol. The van der Waals surface area contributed by atoms with Gasteiger partial charge in [0, 0.05) is 12.3 Å². The van der Waals surface area contributed by atoms with Crippen LogP contribution in [-0.2, 0) is 21.4 Å². The lowest BCUT2D eigenvalue weighted by Crippen LogP contribution is -2.11. The van der Waals surface area contributed by atoms with Crippen LogP contribution in [0.5, 0.6) is 0 Å². The molecule has 0 amide bonds. The summed E-state index contributed by atoms with van der Waals surface area (Å²) in [5, 5.41) is 0. The van der Waals surface area contributed by atoms with E-state index in [4.69, 9.17) is 0 Å². The molecule has 1 atom stereocenters. The largest absolute Gasteiger partial charge is 0.303 e. The van der Waals surface area contributed by atoms with Crippen LogP contribution in [0.1, 0.15) is 52.2 Å². The fourth-order valence-corrected chi connectivity index (χ4v) is 1.95. The van der Waals surface area contributed by atoms with Crippen molar-refractivity contribution in [1.82, 2.24) is 0 Å². The zero-order valence-electron chi connectivity index (χ0n) is 16.2. The number of hydrogen-bond donors (Lipinski definition) is 0. The van der Waals surface area contributed by atoms with Crippen LogP contribution < -0.4 is 0 Å². The average Bonchev–Trinajstić information content (AvgIpc) is 2.63. The molecule has 0 N–H and O–H groups in total. The number of hydrogen-bond acceptors (Lipinski definition) is 2. The van der Waals surface area contributed by atoms with Crippen LogP contribution in [0.3, 0.4) is 0 Å². The van der Waals surface area contributed by atoms with Crippen LogP contribution in [0, 0.1) is 5.92 Å². The molecule has 2 rings (SSSR count). The summed E-state index contributed by atoms with van der Waals surface area (Å²) in [6.07, 6.45) is 3.37. The van der Waals surface area contributed by atoms with Crippen LogP contribution in [0.25, 0.3) is 0 Å². The number of benzene rings is 2. The first-order valence-corrected chi connectivity index (χ1v) is 8.83. The van der Waals surface area contributed by atoms with E-state index in [0.29, 0.717) is 6.42 Å². The quantitative estimate of drug-likeness (QED) is 0.675. The van der Waals surface area contributed by atoms with Gasteiger partial charge in [0.05, 0.1) is 0 Å². The topological polar surface area (TPSA) is 34.1 Å². The molecule has 2 aromatic rings. The Bertz CT molecular complexity index is 539. The molecule has 0 spiro atoms. The second-order valence-corrected chi connectivity index (χ2v) is 6.99. The summed E-state index contributed by atoms with van der Waals surface area (Å²) >= 11 is 0. The highest BCUT2D eigenvalue weighted by Gasteiger charge is 2.13. The van der Waals surface area contributed by atoms with Crippen molar-refractivity contribution in [3.8, 4) is 0 Å². The standard InChI is InChI=1S/C14H20O.C6H6.C3H6O/c1-11(10-15)9-12-5-7-13(8-6-12)14(2,3)4;1-2-4-6-5-3-1;1-2-3-4/h5-8,10-11H,9H2,1-4H3;1-6H;3H,2H2,1H3. The van der Waals surface area contributed by atoms with E-state index in [-0.39, 0.29) is 11.3 Å². The van der Waals surface area contributed by atoms with Crippen molar-refractivity contribution in [3.05, 3.63) is 71.8 Å². The molecule has 0 heterocycles. The number of carbonyl (C=O) groups excluding carboxylic acids is 2. The summed E-state index contributed by atoms with van der Waals surface area (Å²) in [5.74, 6) is 0.116. The molecular formula is C23H32O2. The van der Waals surface area contributed by atoms with Gasteiger partial charge in [-0.25, -0.2) is 0 Å². The van der Waals surface area contributed by atoms with Gasteiger partial charge in [-0.3, -0.25) is 0 Å². The number of carbonyl (C=O) groups is 2. The molecule has 2 heteroatoms. The van der Waals surface area contributed by atoms with E-state index in [1.54, 1.807) is 0 Å². The van der Waals surface area contributed by atoms with E-state index in [0.717, 1.165) is 19.0 Å². The van der Waals surface area contributed by atoms with Crippen molar-refractivity contribution < 1.29 is 9.59 Å². The summed E-state index contributed by atoms with van der Waals surface area (Å²) in [7, 11) is 0. The SMILES string of the molecule is CC(C=O)Cc1ccc(C(C)(C)C)cc1.CCC=O.c1ccccc1. The van der Waals surface area contributed by atoms with Gasteiger partial charge in [-0.1, -0.05) is 95.3 Å². The van der Waals surface area contributed by atoms with Crippen molar-refractivity contribution in [2.45, 2.75) is 52.9 Å². The van der Waals surface area contributed by atoms with Crippen molar-refractivity contribution in [2.75, 3.05) is 0 Å². The van der Waals surface area contributed by atoms with Gasteiger partial charge in [-0.15, -0.1) is 0 Å². The minimum absolute atomic E-state index is 0.116. The Morgan fingerprint density at radius 2 is 1.28 bits per heavy atom. The Morgan fingerprint density at radius 3 is 1.56 bits per heavy atom. The van der Waals surface area contributed by atoms with Crippen molar-refractivity contribution in [3.63, 3.8) is 0 Å². The van der Waals surface area contributed by atoms with Crippen molar-refractivity contribution in [2.24, 2.45) is 5.92 Å². The predicted molar refractivity (Wildman–Crippen MR) is 107 cm³/mol. The minimum atomic E-state index is 0.116. The molecule has 136 valence electrons. The lowest BCUT2D eigenvalue weighted by Gasteiger charge is -2.19. The van der Waals surface area contributed by atoms with Gasteiger partial charge < -0.3 is 9.59 Å². The van der Waals surface area contributed by atoms with Gasteiger partial charge in [-0.2, -0.15) is 0 Å². The van der Waals surface area contributed by atoms with E-state index in [9.17, 15) is 9.59 Å². The maximum atomic E-state index is 10.5. The Kier molecular flexibility index (Phi) is 11.9. The first-order chi connectivity index (χ1) is 11.8. The maximum absolute atomic E-state index is 10.5. The van der Waals surface area contributed by atoms with E-state index >= 15 is 0 Å². The van der Waals surface area contributed by atoms with Crippen molar-refractivity contribution in [1.29, 1.82) is 0 Å². The highest BCUT2D eigenvalue weighted by Crippen LogP contribution is 2.22. The molecule has 2 nitrogen and oxygen atoms in total. The molecule has 0 aromatic heterocycles. The first kappa shape index (κ1) is 22.8. The summed E-state index contributed by atoms with van der Waals surface area (Å²) in [5.41, 5.74) is 2.78. The second kappa shape index (κ2) is 13.1. The summed E-state index contributed by atoms with van der Waals surface area (Å²) in [6.45, 7) is 10.4. The Morgan fingerprint density at radius 1 is 0.880 bits per heavy atom. The van der Waals surface area contributed by atoms with E-state index in [1.807, 2.05) is 50.2 Å². The first-order valence-electron chi connectivity index (χ1n) is 8.83. The Hall–Kier alpha value is -2.22. The molecule has 0 bridgehead atoms. The fourth-order valence-electron chi connectivity index (χ4n) is 1.95. The lowest BCUT2D eigenvalue weighted by molar-refractivity contribution is -0.110. The number of aldehydes is 2. The van der Waals surface area contributed by atoms with Gasteiger partial charge in [0.1, 0.15) is 12.6 Å². The van der Waals surface area contributed by atoms with Gasteiger partial charge in [0.25, 0.3) is 0 Å². The zero-order valence-corrected chi connectivity index (χ0v) is 16.2. The third-order valence-corrected chi connectivity index (χ3v) is 3.44. The molecule has 2 aromatic carbocycles. The van der Waals surface area contributed by atoms with Gasteiger partial charge in [0.15, 0.2) is 0 Å². The molecule has 25 heavy (non-hydrogen) atoms. The van der Waals surface area contributed by atoms with Gasteiger partial charge in [-0.05, 0) is 23.0 Å². The van der Waals surface area contributed by atoms with E-state index in [2.05, 4.69) is 45.0 Å². The molecular weight excluding hydrogens is 308 g/mol. The van der Waals surface area contributed by atoms with E-state index < -0.39 is 0 Å². The lowest BCUT2D eigenvalue weighted by atomic mass is 9.86. The predicted octanol–water partition coefficient (Wildman–Crippen LogP) is 5.64. The van der Waals surface area contributed by atoms with E-state index in [1.165, 1.54) is 11.1 Å². The normalized spacial score (nSPS) is 11.1. The smallest absolute Gasteiger partial charge is 0.123 e. The number of rotatable bonds is 4. The Balaban J connectivity index is 0.000000470. The molecule has 0 saturated heterocycles. The molecule has 0 aliphatic rings. The molecule has 1 unspecified atom stereocenters. The molecule has 0 aliphatic heterocycles. The molecule has 0 fully saturated rings. The maximum Gasteiger partial charge on any atom is 0.123 e. The van der Waals surface area contributed by atoms with Crippen molar-refractivity contribution >= 4 is 12.6 Å². The Labute approximate surface area is 153 Å². The van der Waals surface area contributed by atoms with Gasteiger partial charge in [0.2, 0.25) is 0 Å². The third-order valence-electron chi connectivity index (χ3n) is 3.44. The molecule has 0 aliphatic carbocycles. The fraction of sp³-hybridized carbons (Fsp3) is 0.391. The second-order valence-electron chi connectivity index (χ2n) is 6.99. The third kappa shape index (κ3) is 11.9. The minimum Gasteiger partial charge on any atom is -0.303 e. The summed E-state index contributed by atoms with van der Waals surface area (Å²) < 4.78 is 0. The average molecular weight is 341 g/mol.